The molecule has 0 spiro atoms. The zero-order chi connectivity index (χ0) is 13.1. The first-order chi connectivity index (χ1) is 9.34. The van der Waals surface area contributed by atoms with E-state index in [-0.39, 0.29) is 5.91 Å². The van der Waals surface area contributed by atoms with Gasteiger partial charge in [-0.25, -0.2) is 4.98 Å². The maximum atomic E-state index is 12.1. The molecule has 4 heteroatoms. The van der Waals surface area contributed by atoms with Gasteiger partial charge in [-0.15, -0.1) is 11.3 Å². The smallest absolute Gasteiger partial charge is 0.273 e. The van der Waals surface area contributed by atoms with Crippen molar-refractivity contribution in [1.82, 2.24) is 9.88 Å². The van der Waals surface area contributed by atoms with E-state index in [2.05, 4.69) is 23.2 Å². The molecular formula is C15H14N2OS. The van der Waals surface area contributed by atoms with E-state index in [1.807, 2.05) is 23.1 Å². The second-order valence-corrected chi connectivity index (χ2v) is 5.19. The van der Waals surface area contributed by atoms with Crippen LogP contribution in [0, 0.1) is 0 Å². The first-order valence-electron chi connectivity index (χ1n) is 6.26. The van der Waals surface area contributed by atoms with Crippen LogP contribution in [0.5, 0.6) is 0 Å². The molecule has 0 atom stereocenters. The van der Waals surface area contributed by atoms with E-state index < -0.39 is 0 Å². The van der Waals surface area contributed by atoms with E-state index in [1.54, 1.807) is 10.9 Å². The molecule has 0 unspecified atom stereocenters. The van der Waals surface area contributed by atoms with Crippen molar-refractivity contribution < 1.29 is 4.79 Å². The molecular weight excluding hydrogens is 256 g/mol. The number of carbonyl (C=O) groups excluding carboxylic acids is 1. The molecule has 0 aliphatic carbocycles. The summed E-state index contributed by atoms with van der Waals surface area (Å²) < 4.78 is 0. The number of rotatable bonds is 2. The lowest BCUT2D eigenvalue weighted by Crippen LogP contribution is -2.34. The highest BCUT2D eigenvalue weighted by Gasteiger charge is 2.20. The summed E-state index contributed by atoms with van der Waals surface area (Å²) in [5.74, 6) is 0.0320. The predicted octanol–water partition coefficient (Wildman–Crippen LogP) is 3.07. The highest BCUT2D eigenvalue weighted by molar-refractivity contribution is 7.07. The van der Waals surface area contributed by atoms with E-state index in [1.165, 1.54) is 22.5 Å². The number of amides is 1. The van der Waals surface area contributed by atoms with E-state index in [4.69, 9.17) is 0 Å². The van der Waals surface area contributed by atoms with Crippen molar-refractivity contribution in [2.45, 2.75) is 6.42 Å². The SMILES string of the molecule is O=C(c1cscn1)N1CC=C(c2ccccc2)CC1. The molecule has 96 valence electrons. The van der Waals surface area contributed by atoms with Gasteiger partial charge in [0.2, 0.25) is 0 Å². The van der Waals surface area contributed by atoms with Crippen LogP contribution in [0.25, 0.3) is 5.57 Å². The number of benzene rings is 1. The molecule has 1 amide bonds. The van der Waals surface area contributed by atoms with Gasteiger partial charge in [0.05, 0.1) is 5.51 Å². The first-order valence-corrected chi connectivity index (χ1v) is 7.21. The molecule has 1 aliphatic heterocycles. The Bertz CT molecular complexity index is 590. The van der Waals surface area contributed by atoms with Gasteiger partial charge in [0, 0.05) is 18.5 Å². The normalized spacial score (nSPS) is 15.2. The third kappa shape index (κ3) is 2.58. The van der Waals surface area contributed by atoms with Gasteiger partial charge in [-0.3, -0.25) is 4.79 Å². The van der Waals surface area contributed by atoms with E-state index in [9.17, 15) is 4.79 Å². The summed E-state index contributed by atoms with van der Waals surface area (Å²) in [6, 6.07) is 10.3. The van der Waals surface area contributed by atoms with Gasteiger partial charge in [-0.05, 0) is 17.6 Å². The maximum absolute atomic E-state index is 12.1. The third-order valence-electron chi connectivity index (χ3n) is 3.29. The van der Waals surface area contributed by atoms with Crippen LogP contribution in [0.2, 0.25) is 0 Å². The van der Waals surface area contributed by atoms with Gasteiger partial charge in [0.25, 0.3) is 5.91 Å². The van der Waals surface area contributed by atoms with Gasteiger partial charge < -0.3 is 4.90 Å². The van der Waals surface area contributed by atoms with Gasteiger partial charge in [-0.2, -0.15) is 0 Å². The Hall–Kier alpha value is -1.94. The summed E-state index contributed by atoms with van der Waals surface area (Å²) in [4.78, 5) is 18.1. The number of nitrogens with zero attached hydrogens (tertiary/aromatic N) is 2. The Kier molecular flexibility index (Phi) is 3.42. The summed E-state index contributed by atoms with van der Waals surface area (Å²) in [6.45, 7) is 1.43. The standard InChI is InChI=1S/C15H14N2OS/c18-15(14-10-19-11-16-14)17-8-6-13(7-9-17)12-4-2-1-3-5-12/h1-6,10-11H,7-9H2. The fourth-order valence-corrected chi connectivity index (χ4v) is 2.77. The second-order valence-electron chi connectivity index (χ2n) is 4.47. The van der Waals surface area contributed by atoms with Crippen LogP contribution in [-0.4, -0.2) is 28.9 Å². The van der Waals surface area contributed by atoms with E-state index in [0.29, 0.717) is 12.2 Å². The molecule has 0 saturated carbocycles. The Balaban J connectivity index is 1.72. The molecule has 3 rings (SSSR count). The van der Waals surface area contributed by atoms with Gasteiger partial charge in [-0.1, -0.05) is 36.4 Å². The van der Waals surface area contributed by atoms with Gasteiger partial charge in [0.15, 0.2) is 0 Å². The van der Waals surface area contributed by atoms with Gasteiger partial charge >= 0.3 is 0 Å². The highest BCUT2D eigenvalue weighted by atomic mass is 32.1. The molecule has 19 heavy (non-hydrogen) atoms. The zero-order valence-electron chi connectivity index (χ0n) is 10.5. The molecule has 0 fully saturated rings. The molecule has 0 radical (unpaired) electrons. The van der Waals surface area contributed by atoms with Crippen molar-refractivity contribution in [2.24, 2.45) is 0 Å². The minimum atomic E-state index is 0.0320. The quantitative estimate of drug-likeness (QED) is 0.840. The molecule has 3 nitrogen and oxygen atoms in total. The van der Waals surface area contributed by atoms with Crippen molar-refractivity contribution in [3.8, 4) is 0 Å². The van der Waals surface area contributed by atoms with Crippen molar-refractivity contribution in [3.63, 3.8) is 0 Å². The summed E-state index contributed by atoms with van der Waals surface area (Å²) in [7, 11) is 0. The highest BCUT2D eigenvalue weighted by Crippen LogP contribution is 2.22. The Morgan fingerprint density at radius 1 is 1.26 bits per heavy atom. The Labute approximate surface area is 116 Å². The summed E-state index contributed by atoms with van der Waals surface area (Å²) in [5, 5.41) is 1.80. The van der Waals surface area contributed by atoms with Crippen LogP contribution in [0.3, 0.4) is 0 Å². The largest absolute Gasteiger partial charge is 0.333 e. The number of thiazole rings is 1. The Morgan fingerprint density at radius 2 is 2.11 bits per heavy atom. The topological polar surface area (TPSA) is 33.2 Å². The van der Waals surface area contributed by atoms with Crippen LogP contribution in [-0.2, 0) is 0 Å². The molecule has 1 aromatic heterocycles. The summed E-state index contributed by atoms with van der Waals surface area (Å²) in [5.41, 5.74) is 4.83. The summed E-state index contributed by atoms with van der Waals surface area (Å²) >= 11 is 1.46. The second kappa shape index (κ2) is 5.36. The van der Waals surface area contributed by atoms with Crippen LogP contribution >= 0.6 is 11.3 Å². The van der Waals surface area contributed by atoms with Crippen LogP contribution in [0.15, 0.2) is 47.3 Å². The molecule has 1 aromatic carbocycles. The third-order valence-corrected chi connectivity index (χ3v) is 3.88. The fourth-order valence-electron chi connectivity index (χ4n) is 2.25. The number of hydrogen-bond donors (Lipinski definition) is 0. The lowest BCUT2D eigenvalue weighted by molar-refractivity contribution is 0.0768. The molecule has 1 aliphatic rings. The first kappa shape index (κ1) is 12.1. The minimum absolute atomic E-state index is 0.0320. The van der Waals surface area contributed by atoms with Gasteiger partial charge in [0.1, 0.15) is 5.69 Å². The number of aromatic nitrogens is 1. The van der Waals surface area contributed by atoms with Crippen molar-refractivity contribution in [3.05, 3.63) is 58.6 Å². The maximum Gasteiger partial charge on any atom is 0.273 e. The lowest BCUT2D eigenvalue weighted by Gasteiger charge is -2.26. The predicted molar refractivity (Wildman–Crippen MR) is 77.1 cm³/mol. The lowest BCUT2D eigenvalue weighted by atomic mass is 9.99. The van der Waals surface area contributed by atoms with E-state index in [0.717, 1.165) is 13.0 Å². The van der Waals surface area contributed by atoms with Crippen LogP contribution < -0.4 is 0 Å². The monoisotopic (exact) mass is 270 g/mol. The van der Waals surface area contributed by atoms with Crippen LogP contribution in [0.4, 0.5) is 0 Å². The van der Waals surface area contributed by atoms with Crippen molar-refractivity contribution >= 4 is 22.8 Å². The Morgan fingerprint density at radius 3 is 2.74 bits per heavy atom. The van der Waals surface area contributed by atoms with Crippen molar-refractivity contribution in [1.29, 1.82) is 0 Å². The van der Waals surface area contributed by atoms with Crippen LogP contribution in [0.1, 0.15) is 22.5 Å². The molecule has 0 N–H and O–H groups in total. The minimum Gasteiger partial charge on any atom is -0.333 e. The average molecular weight is 270 g/mol. The molecule has 2 heterocycles. The summed E-state index contributed by atoms with van der Waals surface area (Å²) in [6.07, 6.45) is 3.04. The average Bonchev–Trinajstić information content (AvgIpc) is 3.02. The molecule has 2 aromatic rings. The fraction of sp³-hybridized carbons (Fsp3) is 0.200. The zero-order valence-corrected chi connectivity index (χ0v) is 11.3. The van der Waals surface area contributed by atoms with E-state index >= 15 is 0 Å². The number of hydrogen-bond acceptors (Lipinski definition) is 3. The molecule has 0 bridgehead atoms. The number of carbonyl (C=O) groups is 1. The van der Waals surface area contributed by atoms with Crippen molar-refractivity contribution in [2.75, 3.05) is 13.1 Å². The molecule has 0 saturated heterocycles.